The monoisotopic (exact) mass is 501 g/mol. The lowest BCUT2D eigenvalue weighted by atomic mass is 9.94. The van der Waals surface area contributed by atoms with Gasteiger partial charge >= 0.3 is 6.09 Å². The maximum Gasteiger partial charge on any atom is 0.408 e. The molecule has 0 heterocycles. The van der Waals surface area contributed by atoms with Gasteiger partial charge in [0.05, 0.1) is 6.61 Å². The molecule has 0 bridgehead atoms. The Morgan fingerprint density at radius 2 is 1.67 bits per heavy atom. The summed E-state index contributed by atoms with van der Waals surface area (Å²) in [6.07, 6.45) is 5.16. The largest absolute Gasteiger partial charge is 0.444 e. The number of nitrogens with zero attached hydrogens (tertiary/aromatic N) is 1. The number of carbonyl (C=O) groups excluding carboxylic acids is 3. The number of ether oxygens (including phenoxy) is 1. The van der Waals surface area contributed by atoms with Crippen LogP contribution in [0.5, 0.6) is 0 Å². The van der Waals surface area contributed by atoms with Crippen LogP contribution in [0.3, 0.4) is 0 Å². The quantitative estimate of drug-likeness (QED) is 0.500. The summed E-state index contributed by atoms with van der Waals surface area (Å²) >= 11 is 0. The zero-order chi connectivity index (χ0) is 26.6. The predicted molar refractivity (Wildman–Crippen MR) is 138 cm³/mol. The van der Waals surface area contributed by atoms with Gasteiger partial charge in [-0.25, -0.2) is 4.79 Å². The molecule has 2 aliphatic rings. The average molecular weight is 502 g/mol. The third-order valence-electron chi connectivity index (χ3n) is 6.89. The van der Waals surface area contributed by atoms with E-state index in [4.69, 9.17) is 4.74 Å². The SMILES string of the molecule is Cc1cc(C)cc(C(C(=O)NC2CCCCC2)N(C(=O)C(CO)NC(=O)OC(C)(C)C)C2CC2C)c1. The Kier molecular flexibility index (Phi) is 9.03. The number of hydrogen-bond donors (Lipinski definition) is 3. The summed E-state index contributed by atoms with van der Waals surface area (Å²) in [7, 11) is 0. The topological polar surface area (TPSA) is 108 Å². The van der Waals surface area contributed by atoms with Crippen LogP contribution in [0.15, 0.2) is 18.2 Å². The van der Waals surface area contributed by atoms with Crippen LogP contribution in [0.1, 0.15) is 89.0 Å². The normalized spacial score (nSPS) is 21.8. The second kappa shape index (κ2) is 11.6. The van der Waals surface area contributed by atoms with Gasteiger partial charge in [-0.15, -0.1) is 0 Å². The molecule has 1 aromatic rings. The summed E-state index contributed by atoms with van der Waals surface area (Å²) < 4.78 is 5.31. The van der Waals surface area contributed by atoms with E-state index < -0.39 is 36.3 Å². The zero-order valence-corrected chi connectivity index (χ0v) is 22.6. The first-order valence-corrected chi connectivity index (χ1v) is 13.2. The molecule has 0 radical (unpaired) electrons. The van der Waals surface area contributed by atoms with Crippen LogP contribution in [0.2, 0.25) is 0 Å². The van der Waals surface area contributed by atoms with Crippen molar-refractivity contribution in [1.29, 1.82) is 0 Å². The number of benzene rings is 1. The average Bonchev–Trinajstić information content (AvgIpc) is 3.49. The summed E-state index contributed by atoms with van der Waals surface area (Å²) in [5.74, 6) is -0.486. The molecule has 0 aromatic heterocycles. The van der Waals surface area contributed by atoms with Gasteiger partial charge in [-0.3, -0.25) is 9.59 Å². The lowest BCUT2D eigenvalue weighted by Crippen LogP contribution is -2.56. The fourth-order valence-corrected chi connectivity index (χ4v) is 5.12. The van der Waals surface area contributed by atoms with Crippen LogP contribution < -0.4 is 10.6 Å². The molecule has 3 rings (SSSR count). The fraction of sp³-hybridized carbons (Fsp3) is 0.679. The number of aryl methyl sites for hydroxylation is 2. The smallest absolute Gasteiger partial charge is 0.408 e. The molecule has 2 fully saturated rings. The lowest BCUT2D eigenvalue weighted by Gasteiger charge is -2.36. The molecule has 0 saturated heterocycles. The highest BCUT2D eigenvalue weighted by molar-refractivity contribution is 5.93. The maximum absolute atomic E-state index is 13.9. The first kappa shape index (κ1) is 28.0. The Morgan fingerprint density at radius 1 is 1.08 bits per heavy atom. The van der Waals surface area contributed by atoms with Crippen molar-refractivity contribution in [1.82, 2.24) is 15.5 Å². The van der Waals surface area contributed by atoms with Gasteiger partial charge in [0.1, 0.15) is 17.7 Å². The first-order chi connectivity index (χ1) is 16.9. The molecule has 3 amide bonds. The van der Waals surface area contributed by atoms with Gasteiger partial charge in [0, 0.05) is 12.1 Å². The summed E-state index contributed by atoms with van der Waals surface area (Å²) in [5, 5.41) is 15.8. The van der Waals surface area contributed by atoms with Gasteiger partial charge in [-0.05, 0) is 65.4 Å². The summed E-state index contributed by atoms with van der Waals surface area (Å²) in [5.41, 5.74) is 1.99. The molecule has 0 spiro atoms. The molecular formula is C28H43N3O5. The van der Waals surface area contributed by atoms with Crippen LogP contribution >= 0.6 is 0 Å². The minimum absolute atomic E-state index is 0.0850. The van der Waals surface area contributed by atoms with E-state index in [-0.39, 0.29) is 23.9 Å². The van der Waals surface area contributed by atoms with Crippen molar-refractivity contribution in [3.05, 3.63) is 34.9 Å². The van der Waals surface area contributed by atoms with Crippen molar-refractivity contribution in [2.45, 2.75) is 110 Å². The minimum Gasteiger partial charge on any atom is -0.444 e. The lowest BCUT2D eigenvalue weighted by molar-refractivity contribution is -0.144. The standard InChI is InChI=1S/C28H43N3O5/c1-17-12-18(2)14-20(13-17)24(25(33)29-21-10-8-7-9-11-21)31(23-15-19(23)3)26(34)22(16-32)30-27(35)36-28(4,5)6/h12-14,19,21-24,32H,7-11,15-16H2,1-6H3,(H,29,33)(H,30,35). The Bertz CT molecular complexity index is 931. The van der Waals surface area contributed by atoms with Crippen molar-refractivity contribution in [2.24, 2.45) is 5.92 Å². The number of aliphatic hydroxyl groups excluding tert-OH is 1. The van der Waals surface area contributed by atoms with E-state index in [1.807, 2.05) is 39.0 Å². The molecule has 1 aromatic carbocycles. The van der Waals surface area contributed by atoms with Gasteiger partial charge in [0.15, 0.2) is 0 Å². The van der Waals surface area contributed by atoms with E-state index >= 15 is 0 Å². The third-order valence-corrected chi connectivity index (χ3v) is 6.89. The second-order valence-electron chi connectivity index (χ2n) is 11.6. The highest BCUT2D eigenvalue weighted by Gasteiger charge is 2.48. The Balaban J connectivity index is 1.95. The van der Waals surface area contributed by atoms with Gasteiger partial charge in [0.25, 0.3) is 0 Å². The molecular weight excluding hydrogens is 458 g/mol. The zero-order valence-electron chi connectivity index (χ0n) is 22.6. The van der Waals surface area contributed by atoms with E-state index in [0.717, 1.165) is 48.8 Å². The van der Waals surface area contributed by atoms with Crippen LogP contribution in [0.4, 0.5) is 4.79 Å². The Labute approximate surface area is 215 Å². The van der Waals surface area contributed by atoms with Crippen molar-refractivity contribution < 1.29 is 24.2 Å². The van der Waals surface area contributed by atoms with E-state index in [1.54, 1.807) is 25.7 Å². The minimum atomic E-state index is -1.22. The molecule has 36 heavy (non-hydrogen) atoms. The predicted octanol–water partition coefficient (Wildman–Crippen LogP) is 3.92. The third kappa shape index (κ3) is 7.45. The summed E-state index contributed by atoms with van der Waals surface area (Å²) in [6.45, 7) is 10.6. The molecule has 3 N–H and O–H groups in total. The van der Waals surface area contributed by atoms with Crippen molar-refractivity contribution in [3.8, 4) is 0 Å². The highest BCUT2D eigenvalue weighted by Crippen LogP contribution is 2.41. The number of nitrogens with one attached hydrogen (secondary N) is 2. The molecule has 0 aliphatic heterocycles. The van der Waals surface area contributed by atoms with Gasteiger partial charge in [-0.1, -0.05) is 55.5 Å². The molecule has 200 valence electrons. The molecule has 2 saturated carbocycles. The van der Waals surface area contributed by atoms with Gasteiger partial charge in [-0.2, -0.15) is 0 Å². The molecule has 4 atom stereocenters. The fourth-order valence-electron chi connectivity index (χ4n) is 5.12. The summed E-state index contributed by atoms with van der Waals surface area (Å²) in [6, 6.07) is 3.77. The van der Waals surface area contributed by atoms with Crippen LogP contribution in [0.25, 0.3) is 0 Å². The van der Waals surface area contributed by atoms with Gasteiger partial charge in [0.2, 0.25) is 11.8 Å². The number of amides is 3. The number of carbonyl (C=O) groups is 3. The van der Waals surface area contributed by atoms with Crippen LogP contribution in [-0.4, -0.2) is 58.2 Å². The van der Waals surface area contributed by atoms with Crippen molar-refractivity contribution in [3.63, 3.8) is 0 Å². The molecule has 4 unspecified atom stereocenters. The van der Waals surface area contributed by atoms with E-state index in [9.17, 15) is 19.5 Å². The highest BCUT2D eigenvalue weighted by atomic mass is 16.6. The number of hydrogen-bond acceptors (Lipinski definition) is 5. The van der Waals surface area contributed by atoms with Gasteiger partial charge < -0.3 is 25.4 Å². The van der Waals surface area contributed by atoms with Crippen molar-refractivity contribution in [2.75, 3.05) is 6.61 Å². The second-order valence-corrected chi connectivity index (χ2v) is 11.6. The van der Waals surface area contributed by atoms with Crippen molar-refractivity contribution >= 4 is 17.9 Å². The first-order valence-electron chi connectivity index (χ1n) is 13.2. The van der Waals surface area contributed by atoms with E-state index in [2.05, 4.69) is 10.6 Å². The maximum atomic E-state index is 13.9. The van der Waals surface area contributed by atoms with Crippen LogP contribution in [0, 0.1) is 19.8 Å². The summed E-state index contributed by atoms with van der Waals surface area (Å²) in [4.78, 5) is 41.8. The Hall–Kier alpha value is -2.61. The van der Waals surface area contributed by atoms with Crippen LogP contribution in [-0.2, 0) is 14.3 Å². The molecule has 2 aliphatic carbocycles. The molecule has 8 heteroatoms. The number of rotatable bonds is 8. The van der Waals surface area contributed by atoms with E-state index in [0.29, 0.717) is 0 Å². The number of alkyl carbamates (subject to hydrolysis) is 1. The Morgan fingerprint density at radius 3 is 2.17 bits per heavy atom. The van der Waals surface area contributed by atoms with E-state index in [1.165, 1.54) is 6.42 Å². The molecule has 8 nitrogen and oxygen atoms in total. The number of aliphatic hydroxyl groups is 1.